The van der Waals surface area contributed by atoms with Gasteiger partial charge in [-0.3, -0.25) is 9.59 Å². The van der Waals surface area contributed by atoms with Crippen molar-refractivity contribution >= 4 is 17.5 Å². The molecular formula is C23H18O5. The lowest BCUT2D eigenvalue weighted by Gasteiger charge is -2.10. The van der Waals surface area contributed by atoms with Gasteiger partial charge in [0, 0.05) is 11.1 Å². The summed E-state index contributed by atoms with van der Waals surface area (Å²) in [6, 6.07) is 21.7. The van der Waals surface area contributed by atoms with Crippen molar-refractivity contribution in [3.05, 3.63) is 101 Å². The summed E-state index contributed by atoms with van der Waals surface area (Å²) in [7, 11) is 1.46. The second-order valence-corrected chi connectivity index (χ2v) is 5.94. The van der Waals surface area contributed by atoms with Crippen LogP contribution in [0.25, 0.3) is 0 Å². The van der Waals surface area contributed by atoms with E-state index in [1.165, 1.54) is 13.2 Å². The van der Waals surface area contributed by atoms with Crippen LogP contribution in [0.4, 0.5) is 0 Å². The van der Waals surface area contributed by atoms with Gasteiger partial charge in [-0.15, -0.1) is 0 Å². The van der Waals surface area contributed by atoms with Gasteiger partial charge in [-0.1, -0.05) is 60.7 Å². The van der Waals surface area contributed by atoms with Crippen LogP contribution in [-0.4, -0.2) is 31.3 Å². The minimum atomic E-state index is -0.733. The van der Waals surface area contributed by atoms with E-state index in [0.29, 0.717) is 16.9 Å². The Balaban J connectivity index is 1.77. The Morgan fingerprint density at radius 1 is 0.714 bits per heavy atom. The van der Waals surface area contributed by atoms with Crippen LogP contribution in [0.3, 0.4) is 0 Å². The Kier molecular flexibility index (Phi) is 5.97. The molecule has 0 unspecified atom stereocenters. The van der Waals surface area contributed by atoms with Crippen molar-refractivity contribution in [3.8, 4) is 5.75 Å². The molecule has 0 N–H and O–H groups in total. The molecule has 0 heterocycles. The van der Waals surface area contributed by atoms with Crippen molar-refractivity contribution in [1.82, 2.24) is 0 Å². The summed E-state index contributed by atoms with van der Waals surface area (Å²) in [6.45, 7) is -0.451. The largest absolute Gasteiger partial charge is 0.496 e. The molecule has 0 bridgehead atoms. The number of carbonyl (C=O) groups excluding carboxylic acids is 3. The topological polar surface area (TPSA) is 69.7 Å². The van der Waals surface area contributed by atoms with Crippen molar-refractivity contribution in [2.24, 2.45) is 0 Å². The van der Waals surface area contributed by atoms with E-state index >= 15 is 0 Å². The first kappa shape index (κ1) is 19.0. The fourth-order valence-electron chi connectivity index (χ4n) is 2.77. The summed E-state index contributed by atoms with van der Waals surface area (Å²) >= 11 is 0. The minimum absolute atomic E-state index is 0.115. The molecule has 140 valence electrons. The summed E-state index contributed by atoms with van der Waals surface area (Å²) in [6.07, 6.45) is 0. The Hall–Kier alpha value is -3.73. The van der Waals surface area contributed by atoms with Crippen LogP contribution in [0.2, 0.25) is 0 Å². The number of para-hydroxylation sites is 1. The molecule has 0 radical (unpaired) electrons. The molecule has 0 aliphatic heterocycles. The standard InChI is InChI=1S/C23H18O5/c1-27-21-14-8-7-13-19(21)20(24)15-28-23(26)18-12-6-5-11-17(18)22(25)16-9-3-2-4-10-16/h2-14H,15H2,1H3. The maximum absolute atomic E-state index is 12.7. The van der Waals surface area contributed by atoms with Gasteiger partial charge in [-0.05, 0) is 18.2 Å². The lowest BCUT2D eigenvalue weighted by molar-refractivity contribution is 0.0472. The van der Waals surface area contributed by atoms with Crippen molar-refractivity contribution in [2.45, 2.75) is 0 Å². The molecule has 3 aromatic rings. The average molecular weight is 374 g/mol. The number of methoxy groups -OCH3 is 1. The van der Waals surface area contributed by atoms with Gasteiger partial charge in [-0.25, -0.2) is 4.79 Å². The third kappa shape index (κ3) is 4.15. The molecule has 0 spiro atoms. The zero-order valence-corrected chi connectivity index (χ0v) is 15.3. The number of rotatable bonds is 7. The van der Waals surface area contributed by atoms with Crippen LogP contribution in [0, 0.1) is 0 Å². The van der Waals surface area contributed by atoms with E-state index in [2.05, 4.69) is 0 Å². The van der Waals surface area contributed by atoms with E-state index in [9.17, 15) is 14.4 Å². The maximum atomic E-state index is 12.7. The van der Waals surface area contributed by atoms with Gasteiger partial charge in [0.05, 0.1) is 18.2 Å². The minimum Gasteiger partial charge on any atom is -0.496 e. The molecule has 3 rings (SSSR count). The molecule has 3 aromatic carbocycles. The van der Waals surface area contributed by atoms with Crippen LogP contribution < -0.4 is 4.74 Å². The van der Waals surface area contributed by atoms with Gasteiger partial charge >= 0.3 is 5.97 Å². The molecule has 0 aromatic heterocycles. The number of carbonyl (C=O) groups is 3. The number of hydrogen-bond acceptors (Lipinski definition) is 5. The fraction of sp³-hybridized carbons (Fsp3) is 0.0870. The Bertz CT molecular complexity index is 1010. The Morgan fingerprint density at radius 3 is 1.96 bits per heavy atom. The Morgan fingerprint density at radius 2 is 1.29 bits per heavy atom. The SMILES string of the molecule is COc1ccccc1C(=O)COC(=O)c1ccccc1C(=O)c1ccccc1. The summed E-state index contributed by atoms with van der Waals surface area (Å²) in [4.78, 5) is 37.6. The van der Waals surface area contributed by atoms with Crippen molar-refractivity contribution in [3.63, 3.8) is 0 Å². The molecule has 0 atom stereocenters. The quantitative estimate of drug-likeness (QED) is 0.462. The number of hydrogen-bond donors (Lipinski definition) is 0. The zero-order chi connectivity index (χ0) is 19.9. The van der Waals surface area contributed by atoms with Gasteiger partial charge in [0.2, 0.25) is 5.78 Å². The van der Waals surface area contributed by atoms with E-state index in [4.69, 9.17) is 9.47 Å². The van der Waals surface area contributed by atoms with E-state index in [0.717, 1.165) is 0 Å². The van der Waals surface area contributed by atoms with Crippen LogP contribution in [0.15, 0.2) is 78.9 Å². The van der Waals surface area contributed by atoms with Crippen LogP contribution in [0.1, 0.15) is 36.6 Å². The second kappa shape index (κ2) is 8.77. The van der Waals surface area contributed by atoms with Crippen molar-refractivity contribution in [2.75, 3.05) is 13.7 Å². The monoisotopic (exact) mass is 374 g/mol. The zero-order valence-electron chi connectivity index (χ0n) is 15.3. The molecular weight excluding hydrogens is 356 g/mol. The highest BCUT2D eigenvalue weighted by Crippen LogP contribution is 2.19. The van der Waals surface area contributed by atoms with Crippen molar-refractivity contribution in [1.29, 1.82) is 0 Å². The highest BCUT2D eigenvalue weighted by molar-refractivity contribution is 6.14. The van der Waals surface area contributed by atoms with Gasteiger partial charge in [-0.2, -0.15) is 0 Å². The highest BCUT2D eigenvalue weighted by atomic mass is 16.5. The predicted octanol–water partition coefficient (Wildman–Crippen LogP) is 3.97. The Labute approximate surface area is 162 Å². The molecule has 0 amide bonds. The van der Waals surface area contributed by atoms with Crippen LogP contribution >= 0.6 is 0 Å². The average Bonchev–Trinajstić information content (AvgIpc) is 2.77. The normalized spacial score (nSPS) is 10.2. The highest BCUT2D eigenvalue weighted by Gasteiger charge is 2.20. The van der Waals surface area contributed by atoms with Crippen molar-refractivity contribution < 1.29 is 23.9 Å². The lowest BCUT2D eigenvalue weighted by Crippen LogP contribution is -2.17. The molecule has 5 heteroatoms. The fourth-order valence-corrected chi connectivity index (χ4v) is 2.77. The number of benzene rings is 3. The predicted molar refractivity (Wildman–Crippen MR) is 104 cm³/mol. The van der Waals surface area contributed by atoms with Gasteiger partial charge in [0.15, 0.2) is 12.4 Å². The molecule has 28 heavy (non-hydrogen) atoms. The third-order valence-corrected chi connectivity index (χ3v) is 4.17. The molecule has 0 aliphatic carbocycles. The van der Waals surface area contributed by atoms with E-state index in [1.54, 1.807) is 72.8 Å². The summed E-state index contributed by atoms with van der Waals surface area (Å²) in [5.74, 6) is -1.01. The first-order chi connectivity index (χ1) is 13.6. The summed E-state index contributed by atoms with van der Waals surface area (Å²) < 4.78 is 10.3. The molecule has 0 saturated heterocycles. The molecule has 0 fully saturated rings. The number of ether oxygens (including phenoxy) is 2. The maximum Gasteiger partial charge on any atom is 0.339 e. The first-order valence-corrected chi connectivity index (χ1v) is 8.64. The molecule has 0 saturated carbocycles. The van der Waals surface area contributed by atoms with E-state index in [1.807, 2.05) is 0 Å². The number of esters is 1. The smallest absolute Gasteiger partial charge is 0.339 e. The van der Waals surface area contributed by atoms with Gasteiger partial charge < -0.3 is 9.47 Å². The van der Waals surface area contributed by atoms with E-state index < -0.39 is 18.4 Å². The second-order valence-electron chi connectivity index (χ2n) is 5.94. The summed E-state index contributed by atoms with van der Waals surface area (Å²) in [5, 5.41) is 0. The van der Waals surface area contributed by atoms with Gasteiger partial charge in [0.25, 0.3) is 0 Å². The third-order valence-electron chi connectivity index (χ3n) is 4.17. The van der Waals surface area contributed by atoms with Gasteiger partial charge in [0.1, 0.15) is 5.75 Å². The lowest BCUT2D eigenvalue weighted by atomic mass is 9.98. The molecule has 0 aliphatic rings. The number of Topliss-reactive ketones (excluding diaryl/α,β-unsaturated/α-hetero) is 1. The summed E-state index contributed by atoms with van der Waals surface area (Å²) in [5.41, 5.74) is 1.13. The van der Waals surface area contributed by atoms with Crippen LogP contribution in [-0.2, 0) is 4.74 Å². The van der Waals surface area contributed by atoms with Crippen LogP contribution in [0.5, 0.6) is 5.75 Å². The number of ketones is 2. The first-order valence-electron chi connectivity index (χ1n) is 8.64. The molecule has 5 nitrogen and oxygen atoms in total. The van der Waals surface area contributed by atoms with E-state index in [-0.39, 0.29) is 16.9 Å².